The van der Waals surface area contributed by atoms with Crippen molar-refractivity contribution in [3.05, 3.63) is 24.2 Å². The first-order valence-electron chi connectivity index (χ1n) is 4.97. The third-order valence-corrected chi connectivity index (χ3v) is 2.19. The third-order valence-electron chi connectivity index (χ3n) is 2.19. The summed E-state index contributed by atoms with van der Waals surface area (Å²) in [5.41, 5.74) is 0.384. The molecule has 0 radical (unpaired) electrons. The molecule has 5 nitrogen and oxygen atoms in total. The van der Waals surface area contributed by atoms with Gasteiger partial charge in [0, 0.05) is 0 Å². The Morgan fingerprint density at radius 1 is 1.44 bits per heavy atom. The number of hydrogen-bond donors (Lipinski definition) is 1. The molecule has 0 aromatic carbocycles. The van der Waals surface area contributed by atoms with Gasteiger partial charge in [-0.05, 0) is 12.0 Å². The van der Waals surface area contributed by atoms with Crippen molar-refractivity contribution < 1.29 is 18.7 Å². The Labute approximate surface area is 93.8 Å². The maximum Gasteiger partial charge on any atom is 0.328 e. The van der Waals surface area contributed by atoms with Crippen LogP contribution >= 0.6 is 0 Å². The van der Waals surface area contributed by atoms with Gasteiger partial charge in [0.1, 0.15) is 12.3 Å². The summed E-state index contributed by atoms with van der Waals surface area (Å²) < 4.78 is 9.40. The van der Waals surface area contributed by atoms with Crippen molar-refractivity contribution in [1.29, 1.82) is 0 Å². The minimum atomic E-state index is -0.646. The first kappa shape index (κ1) is 12.3. The molecular formula is C11H15NO4. The smallest absolute Gasteiger partial charge is 0.328 e. The zero-order valence-electron chi connectivity index (χ0n) is 9.52. The largest absolute Gasteiger partial charge is 0.472 e. The molecule has 0 aliphatic rings. The molecular weight excluding hydrogens is 210 g/mol. The topological polar surface area (TPSA) is 68.5 Å². The van der Waals surface area contributed by atoms with Crippen LogP contribution in [0.1, 0.15) is 24.2 Å². The van der Waals surface area contributed by atoms with Gasteiger partial charge in [-0.2, -0.15) is 0 Å². The average Bonchev–Trinajstić information content (AvgIpc) is 2.77. The number of furan rings is 1. The van der Waals surface area contributed by atoms with Gasteiger partial charge in [0.25, 0.3) is 5.91 Å². The Hall–Kier alpha value is -1.78. The first-order chi connectivity index (χ1) is 7.56. The second-order valence-corrected chi connectivity index (χ2v) is 3.73. The van der Waals surface area contributed by atoms with E-state index in [1.54, 1.807) is 0 Å². The number of nitrogens with one attached hydrogen (secondary N) is 1. The summed E-state index contributed by atoms with van der Waals surface area (Å²) in [5.74, 6) is -0.840. The highest BCUT2D eigenvalue weighted by Gasteiger charge is 2.25. The highest BCUT2D eigenvalue weighted by atomic mass is 16.5. The Bertz CT molecular complexity index is 356. The van der Waals surface area contributed by atoms with Crippen LogP contribution < -0.4 is 5.32 Å². The summed E-state index contributed by atoms with van der Waals surface area (Å²) in [6, 6.07) is 0.886. The van der Waals surface area contributed by atoms with Crippen molar-refractivity contribution in [2.45, 2.75) is 19.9 Å². The van der Waals surface area contributed by atoms with E-state index in [0.717, 1.165) is 0 Å². The molecule has 1 rings (SSSR count). The Balaban J connectivity index is 2.69. The summed E-state index contributed by atoms with van der Waals surface area (Å²) in [6.45, 7) is 3.66. The molecule has 16 heavy (non-hydrogen) atoms. The molecule has 1 atom stereocenters. The zero-order chi connectivity index (χ0) is 12.1. The summed E-state index contributed by atoms with van der Waals surface area (Å²) in [7, 11) is 1.29. The molecule has 0 aliphatic carbocycles. The molecule has 1 heterocycles. The number of hydrogen-bond acceptors (Lipinski definition) is 4. The summed E-state index contributed by atoms with van der Waals surface area (Å²) >= 11 is 0. The predicted molar refractivity (Wildman–Crippen MR) is 56.8 cm³/mol. The van der Waals surface area contributed by atoms with Gasteiger partial charge in [0.05, 0.1) is 18.9 Å². The molecule has 1 amide bonds. The standard InChI is InChI=1S/C11H15NO4/c1-7(2)9(11(14)15-3)12-10(13)8-4-5-16-6-8/h4-7,9H,1-3H3,(H,12,13)/t9-/m1/s1. The van der Waals surface area contributed by atoms with E-state index in [9.17, 15) is 9.59 Å². The Morgan fingerprint density at radius 3 is 2.56 bits per heavy atom. The van der Waals surface area contributed by atoms with Gasteiger partial charge < -0.3 is 14.5 Å². The quantitative estimate of drug-likeness (QED) is 0.782. The van der Waals surface area contributed by atoms with E-state index in [2.05, 4.69) is 10.1 Å². The minimum absolute atomic E-state index is 0.0386. The van der Waals surface area contributed by atoms with E-state index < -0.39 is 12.0 Å². The fraction of sp³-hybridized carbons (Fsp3) is 0.455. The van der Waals surface area contributed by atoms with Crippen LogP contribution in [0.4, 0.5) is 0 Å². The number of carbonyl (C=O) groups excluding carboxylic acids is 2. The van der Waals surface area contributed by atoms with E-state index in [1.165, 1.54) is 25.7 Å². The molecule has 0 bridgehead atoms. The van der Waals surface area contributed by atoms with Crippen molar-refractivity contribution in [1.82, 2.24) is 5.32 Å². The van der Waals surface area contributed by atoms with E-state index in [1.807, 2.05) is 13.8 Å². The Kier molecular flexibility index (Phi) is 4.10. The van der Waals surface area contributed by atoms with Crippen LogP contribution in [0.5, 0.6) is 0 Å². The van der Waals surface area contributed by atoms with Crippen molar-refractivity contribution >= 4 is 11.9 Å². The molecule has 0 saturated heterocycles. The van der Waals surface area contributed by atoms with Gasteiger partial charge in [-0.25, -0.2) is 4.79 Å². The van der Waals surface area contributed by atoms with Gasteiger partial charge in [-0.1, -0.05) is 13.8 Å². The van der Waals surface area contributed by atoms with E-state index in [4.69, 9.17) is 4.42 Å². The second-order valence-electron chi connectivity index (χ2n) is 3.73. The number of rotatable bonds is 4. The maximum atomic E-state index is 11.7. The number of ether oxygens (including phenoxy) is 1. The highest BCUT2D eigenvalue weighted by molar-refractivity contribution is 5.96. The summed E-state index contributed by atoms with van der Waals surface area (Å²) in [4.78, 5) is 23.1. The Morgan fingerprint density at radius 2 is 2.12 bits per heavy atom. The molecule has 1 aromatic rings. The monoisotopic (exact) mass is 225 g/mol. The lowest BCUT2D eigenvalue weighted by atomic mass is 10.0. The van der Waals surface area contributed by atoms with E-state index >= 15 is 0 Å². The lowest BCUT2D eigenvalue weighted by Gasteiger charge is -2.19. The summed E-state index contributed by atoms with van der Waals surface area (Å²) in [5, 5.41) is 2.60. The molecule has 5 heteroatoms. The van der Waals surface area contributed by atoms with Gasteiger partial charge in [0.2, 0.25) is 0 Å². The van der Waals surface area contributed by atoms with Crippen LogP contribution in [-0.2, 0) is 9.53 Å². The van der Waals surface area contributed by atoms with Crippen LogP contribution in [-0.4, -0.2) is 25.0 Å². The molecule has 0 unspecified atom stereocenters. The third kappa shape index (κ3) is 2.85. The van der Waals surface area contributed by atoms with Crippen LogP contribution in [0, 0.1) is 5.92 Å². The summed E-state index contributed by atoms with van der Waals surface area (Å²) in [6.07, 6.45) is 2.72. The van der Waals surface area contributed by atoms with Crippen LogP contribution in [0.2, 0.25) is 0 Å². The first-order valence-corrected chi connectivity index (χ1v) is 4.97. The van der Waals surface area contributed by atoms with Crippen LogP contribution in [0.25, 0.3) is 0 Å². The van der Waals surface area contributed by atoms with Crippen LogP contribution in [0.15, 0.2) is 23.0 Å². The number of amides is 1. The number of methoxy groups -OCH3 is 1. The molecule has 0 spiro atoms. The van der Waals surface area contributed by atoms with Gasteiger partial charge >= 0.3 is 5.97 Å². The lowest BCUT2D eigenvalue weighted by Crippen LogP contribution is -2.44. The van der Waals surface area contributed by atoms with E-state index in [0.29, 0.717) is 5.56 Å². The van der Waals surface area contributed by atoms with Gasteiger partial charge in [-0.15, -0.1) is 0 Å². The fourth-order valence-corrected chi connectivity index (χ4v) is 1.24. The van der Waals surface area contributed by atoms with Crippen molar-refractivity contribution in [2.24, 2.45) is 5.92 Å². The molecule has 1 N–H and O–H groups in total. The highest BCUT2D eigenvalue weighted by Crippen LogP contribution is 2.06. The van der Waals surface area contributed by atoms with Crippen molar-refractivity contribution in [3.63, 3.8) is 0 Å². The van der Waals surface area contributed by atoms with Gasteiger partial charge in [-0.3, -0.25) is 4.79 Å². The number of carbonyl (C=O) groups is 2. The minimum Gasteiger partial charge on any atom is -0.472 e. The van der Waals surface area contributed by atoms with Crippen molar-refractivity contribution in [3.8, 4) is 0 Å². The van der Waals surface area contributed by atoms with Crippen molar-refractivity contribution in [2.75, 3.05) is 7.11 Å². The lowest BCUT2D eigenvalue weighted by molar-refractivity contribution is -0.144. The number of esters is 1. The molecule has 0 aliphatic heterocycles. The SMILES string of the molecule is COC(=O)[C@H](NC(=O)c1ccoc1)C(C)C. The zero-order valence-corrected chi connectivity index (χ0v) is 9.52. The van der Waals surface area contributed by atoms with Gasteiger partial charge in [0.15, 0.2) is 0 Å². The molecule has 0 saturated carbocycles. The van der Waals surface area contributed by atoms with E-state index in [-0.39, 0.29) is 11.8 Å². The maximum absolute atomic E-state index is 11.7. The fourth-order valence-electron chi connectivity index (χ4n) is 1.24. The molecule has 0 fully saturated rings. The average molecular weight is 225 g/mol. The predicted octanol–water partition coefficient (Wildman–Crippen LogP) is 1.21. The second kappa shape index (κ2) is 5.34. The molecule has 1 aromatic heterocycles. The molecule has 88 valence electrons. The van der Waals surface area contributed by atoms with Crippen LogP contribution in [0.3, 0.4) is 0 Å². The normalized spacial score (nSPS) is 12.2.